The van der Waals surface area contributed by atoms with Crippen molar-refractivity contribution >= 4 is 28.8 Å². The summed E-state index contributed by atoms with van der Waals surface area (Å²) >= 11 is 1.55. The number of benzene rings is 1. The maximum Gasteiger partial charge on any atom is 0.324 e. The Morgan fingerprint density at radius 2 is 2.00 bits per heavy atom. The maximum atomic E-state index is 10.7. The normalized spacial score (nSPS) is 12.8. The van der Waals surface area contributed by atoms with Crippen LogP contribution in [0.4, 0.5) is 0 Å². The second-order valence-electron chi connectivity index (χ2n) is 2.83. The maximum absolute atomic E-state index is 10.7. The van der Waals surface area contributed by atoms with E-state index >= 15 is 0 Å². The molecule has 0 bridgehead atoms. The molecule has 1 atom stereocenters. The molecule has 0 aliphatic rings. The van der Waals surface area contributed by atoms with Gasteiger partial charge in [-0.05, 0) is 5.56 Å². The molecule has 5 heteroatoms. The first kappa shape index (κ1) is 11.4. The molecule has 0 aromatic heterocycles. The predicted octanol–water partition coefficient (Wildman–Crippen LogP) is 1.72. The fourth-order valence-electron chi connectivity index (χ4n) is 1.09. The molecule has 14 heavy (non-hydrogen) atoms. The smallest absolute Gasteiger partial charge is 0.324 e. The van der Waals surface area contributed by atoms with Crippen LogP contribution >= 0.6 is 22.9 Å². The van der Waals surface area contributed by atoms with E-state index in [4.69, 9.17) is 10.3 Å². The SMILES string of the molecule is O=C(O)C(Cc1ccccc1)N(O)I. The standard InChI is InChI=1S/C9H10INO3/c10-11(14)8(9(12)13)6-7-4-2-1-3-5-7/h1-5,8,14H,6H2,(H,12,13). The molecule has 0 saturated heterocycles. The molecule has 0 amide bonds. The molecule has 0 spiro atoms. The second kappa shape index (κ2) is 5.28. The topological polar surface area (TPSA) is 60.8 Å². The summed E-state index contributed by atoms with van der Waals surface area (Å²) in [6, 6.07) is 8.29. The molecule has 1 rings (SSSR count). The van der Waals surface area contributed by atoms with Gasteiger partial charge in [0.25, 0.3) is 0 Å². The van der Waals surface area contributed by atoms with E-state index in [0.717, 1.165) is 5.56 Å². The third kappa shape index (κ3) is 3.24. The van der Waals surface area contributed by atoms with Gasteiger partial charge in [-0.15, -0.1) is 3.28 Å². The number of carboxylic acids is 1. The average molecular weight is 307 g/mol. The highest BCUT2D eigenvalue weighted by molar-refractivity contribution is 14.1. The highest BCUT2D eigenvalue weighted by Gasteiger charge is 2.22. The van der Waals surface area contributed by atoms with Gasteiger partial charge in [-0.2, -0.15) is 0 Å². The summed E-state index contributed by atoms with van der Waals surface area (Å²) in [5.74, 6) is -1.04. The van der Waals surface area contributed by atoms with Crippen LogP contribution in [-0.2, 0) is 11.2 Å². The summed E-state index contributed by atoms with van der Waals surface area (Å²) in [5, 5.41) is 17.9. The first-order valence-electron chi connectivity index (χ1n) is 4.02. The Morgan fingerprint density at radius 3 is 2.43 bits per heavy atom. The fraction of sp³-hybridized carbons (Fsp3) is 0.222. The minimum atomic E-state index is -1.04. The minimum Gasteiger partial charge on any atom is -0.480 e. The van der Waals surface area contributed by atoms with Gasteiger partial charge in [-0.1, -0.05) is 30.3 Å². The predicted molar refractivity (Wildman–Crippen MR) is 59.2 cm³/mol. The van der Waals surface area contributed by atoms with Crippen molar-refractivity contribution in [2.45, 2.75) is 12.5 Å². The van der Waals surface area contributed by atoms with Crippen LogP contribution in [-0.4, -0.2) is 25.6 Å². The Hall–Kier alpha value is -0.660. The molecule has 4 nitrogen and oxygen atoms in total. The molecule has 0 heterocycles. The van der Waals surface area contributed by atoms with Gasteiger partial charge in [-0.3, -0.25) is 4.79 Å². The van der Waals surface area contributed by atoms with E-state index in [1.54, 1.807) is 22.9 Å². The van der Waals surface area contributed by atoms with Crippen molar-refractivity contribution in [1.29, 1.82) is 0 Å². The van der Waals surface area contributed by atoms with Crippen LogP contribution in [0.2, 0.25) is 0 Å². The number of aliphatic carboxylic acids is 1. The van der Waals surface area contributed by atoms with Crippen LogP contribution in [0.15, 0.2) is 30.3 Å². The Labute approximate surface area is 95.6 Å². The van der Waals surface area contributed by atoms with E-state index in [0.29, 0.717) is 3.28 Å². The molecule has 0 radical (unpaired) electrons. The van der Waals surface area contributed by atoms with Crippen molar-refractivity contribution in [2.75, 3.05) is 0 Å². The Morgan fingerprint density at radius 1 is 1.43 bits per heavy atom. The number of nitrogens with zero attached hydrogens (tertiary/aromatic N) is 1. The molecule has 0 aliphatic heterocycles. The summed E-state index contributed by atoms with van der Waals surface area (Å²) in [5.41, 5.74) is 0.885. The molecular weight excluding hydrogens is 297 g/mol. The molecular formula is C9H10INO3. The van der Waals surface area contributed by atoms with Crippen LogP contribution in [0.1, 0.15) is 5.56 Å². The summed E-state index contributed by atoms with van der Waals surface area (Å²) in [6.45, 7) is 0. The zero-order valence-electron chi connectivity index (χ0n) is 7.30. The van der Waals surface area contributed by atoms with E-state index in [2.05, 4.69) is 0 Å². The molecule has 76 valence electrons. The van der Waals surface area contributed by atoms with Crippen molar-refractivity contribution < 1.29 is 15.1 Å². The van der Waals surface area contributed by atoms with Crippen LogP contribution in [0.25, 0.3) is 0 Å². The number of hydrogen-bond donors (Lipinski definition) is 2. The molecule has 1 aromatic carbocycles. The second-order valence-corrected chi connectivity index (χ2v) is 3.82. The van der Waals surface area contributed by atoms with Crippen molar-refractivity contribution in [2.24, 2.45) is 0 Å². The van der Waals surface area contributed by atoms with Crippen molar-refractivity contribution in [3.8, 4) is 0 Å². The number of carboxylic acid groups (broad SMARTS) is 1. The Kier molecular flexibility index (Phi) is 4.30. The lowest BCUT2D eigenvalue weighted by atomic mass is 10.1. The molecule has 0 saturated carbocycles. The molecule has 0 aliphatic carbocycles. The van der Waals surface area contributed by atoms with E-state index in [1.165, 1.54) is 0 Å². The summed E-state index contributed by atoms with van der Waals surface area (Å²) in [7, 11) is 0. The van der Waals surface area contributed by atoms with Gasteiger partial charge in [0.1, 0.15) is 6.04 Å². The Bertz CT molecular complexity index is 302. The van der Waals surface area contributed by atoms with Crippen LogP contribution in [0.3, 0.4) is 0 Å². The van der Waals surface area contributed by atoms with E-state index in [-0.39, 0.29) is 6.42 Å². The molecule has 1 aromatic rings. The van der Waals surface area contributed by atoms with Gasteiger partial charge in [0, 0.05) is 6.42 Å². The zero-order chi connectivity index (χ0) is 10.6. The van der Waals surface area contributed by atoms with Gasteiger partial charge in [-0.25, -0.2) is 0 Å². The zero-order valence-corrected chi connectivity index (χ0v) is 9.46. The van der Waals surface area contributed by atoms with Crippen LogP contribution < -0.4 is 0 Å². The third-order valence-corrected chi connectivity index (χ3v) is 2.49. The monoisotopic (exact) mass is 307 g/mol. The van der Waals surface area contributed by atoms with Crippen LogP contribution in [0, 0.1) is 0 Å². The average Bonchev–Trinajstić information content (AvgIpc) is 2.15. The van der Waals surface area contributed by atoms with E-state index < -0.39 is 12.0 Å². The van der Waals surface area contributed by atoms with E-state index in [9.17, 15) is 4.79 Å². The van der Waals surface area contributed by atoms with E-state index in [1.807, 2.05) is 30.3 Å². The fourth-order valence-corrected chi connectivity index (χ4v) is 1.53. The summed E-state index contributed by atoms with van der Waals surface area (Å²) in [4.78, 5) is 10.7. The number of rotatable bonds is 4. The highest BCUT2D eigenvalue weighted by atomic mass is 127. The minimum absolute atomic E-state index is 0.287. The quantitative estimate of drug-likeness (QED) is 0.505. The lowest BCUT2D eigenvalue weighted by Crippen LogP contribution is -2.34. The van der Waals surface area contributed by atoms with Gasteiger partial charge < -0.3 is 10.3 Å². The van der Waals surface area contributed by atoms with Crippen molar-refractivity contribution in [1.82, 2.24) is 3.28 Å². The number of hydrogen-bond acceptors (Lipinski definition) is 3. The number of hydroxylamine groups is 1. The molecule has 2 N–H and O–H groups in total. The highest BCUT2D eigenvalue weighted by Crippen LogP contribution is 2.10. The Balaban J connectivity index is 2.70. The summed E-state index contributed by atoms with van der Waals surface area (Å²) in [6.07, 6.45) is 0.287. The van der Waals surface area contributed by atoms with Gasteiger partial charge >= 0.3 is 5.97 Å². The number of carbonyl (C=O) groups is 1. The molecule has 0 fully saturated rings. The van der Waals surface area contributed by atoms with Crippen molar-refractivity contribution in [3.63, 3.8) is 0 Å². The number of halogens is 1. The molecule has 1 unspecified atom stereocenters. The van der Waals surface area contributed by atoms with Gasteiger partial charge in [0.15, 0.2) is 0 Å². The first-order valence-corrected chi connectivity index (χ1v) is 4.98. The van der Waals surface area contributed by atoms with Gasteiger partial charge in [0.05, 0.1) is 22.9 Å². The summed E-state index contributed by atoms with van der Waals surface area (Å²) < 4.78 is 0.688. The van der Waals surface area contributed by atoms with Gasteiger partial charge in [0.2, 0.25) is 0 Å². The van der Waals surface area contributed by atoms with Crippen LogP contribution in [0.5, 0.6) is 0 Å². The third-order valence-electron chi connectivity index (χ3n) is 1.81. The largest absolute Gasteiger partial charge is 0.480 e. The lowest BCUT2D eigenvalue weighted by molar-refractivity contribution is -0.148. The first-order chi connectivity index (χ1) is 6.61. The van der Waals surface area contributed by atoms with Crippen molar-refractivity contribution in [3.05, 3.63) is 35.9 Å². The lowest BCUT2D eigenvalue weighted by Gasteiger charge is -2.15.